The number of halogens is 1. The highest BCUT2D eigenvalue weighted by atomic mass is 35.5. The van der Waals surface area contributed by atoms with E-state index >= 15 is 4.21 Å². The summed E-state index contributed by atoms with van der Waals surface area (Å²) in [5.74, 6) is -0.442. The van der Waals surface area contributed by atoms with E-state index in [2.05, 4.69) is 33.0 Å². The Hall–Kier alpha value is -3.64. The molecule has 2 aromatic carbocycles. The van der Waals surface area contributed by atoms with Gasteiger partial charge in [-0.1, -0.05) is 43.7 Å². The number of hydrogen-bond acceptors (Lipinski definition) is 7. The van der Waals surface area contributed by atoms with Crippen molar-refractivity contribution in [1.29, 1.82) is 0 Å². The standard InChI is InChI=1S/C43H53ClN4O6S/c1-5-42(4)24-47-22-32(19-34(47)23-54-42)41(51)46-55(52)28(3)27(2)8-6-10-38(49)35-14-11-31(35)21-48-25-43(17-7-9-29-18-33(44)13-15-36(29)43)26-53-39-16-12-30(20-37(39)48)40(50)45-55/h6,10,12-13,15-16,18-20,22,27-28,31,35,38,49H,5,7-9,11,14,17,21,23-26H2,1-4H3,(H,45,46,50,51,52)/b10-6+. The van der Waals surface area contributed by atoms with Gasteiger partial charge >= 0.3 is 0 Å². The Labute approximate surface area is 329 Å². The Bertz CT molecular complexity index is 2160. The number of hydrogen-bond donors (Lipinski definition) is 2. The van der Waals surface area contributed by atoms with Crippen LogP contribution in [0.3, 0.4) is 0 Å². The minimum Gasteiger partial charge on any atom is -0.490 e. The highest BCUT2D eigenvalue weighted by Crippen LogP contribution is 2.47. The summed E-state index contributed by atoms with van der Waals surface area (Å²) in [5.41, 5.74) is 4.10. The highest BCUT2D eigenvalue weighted by molar-refractivity contribution is 7.93. The van der Waals surface area contributed by atoms with Crippen molar-refractivity contribution < 1.29 is 28.4 Å². The molecule has 12 heteroatoms. The number of aromatic nitrogens is 1. The topological polar surface area (TPSA) is 122 Å². The summed E-state index contributed by atoms with van der Waals surface area (Å²) >= 11 is 6.46. The second kappa shape index (κ2) is 14.7. The summed E-state index contributed by atoms with van der Waals surface area (Å²) in [5, 5.41) is 11.5. The van der Waals surface area contributed by atoms with Crippen molar-refractivity contribution in [3.05, 3.63) is 93.8 Å². The average molecular weight is 789 g/mol. The van der Waals surface area contributed by atoms with Crippen LogP contribution >= 0.6 is 11.6 Å². The summed E-state index contributed by atoms with van der Waals surface area (Å²) in [6.07, 6.45) is 11.1. The molecule has 1 aromatic heterocycles. The van der Waals surface area contributed by atoms with Crippen molar-refractivity contribution in [1.82, 2.24) is 9.29 Å². The van der Waals surface area contributed by atoms with Gasteiger partial charge in [-0.05, 0) is 124 Å². The van der Waals surface area contributed by atoms with E-state index in [1.807, 2.05) is 48.8 Å². The minimum atomic E-state index is -3.66. The number of rotatable bonds is 3. The van der Waals surface area contributed by atoms with E-state index in [4.69, 9.17) is 21.1 Å². The second-order valence-corrected chi connectivity index (χ2v) is 19.7. The summed E-state index contributed by atoms with van der Waals surface area (Å²) in [7, 11) is -3.66. The third-order valence-electron chi connectivity index (χ3n) is 13.3. The number of benzene rings is 2. The lowest BCUT2D eigenvalue weighted by Gasteiger charge is -2.45. The molecule has 8 unspecified atom stereocenters. The normalized spacial score (nSPS) is 33.8. The molecular formula is C43H53ClN4O6S. The molecule has 2 N–H and O–H groups in total. The quantitative estimate of drug-likeness (QED) is 0.262. The summed E-state index contributed by atoms with van der Waals surface area (Å²) in [6, 6.07) is 13.2. The van der Waals surface area contributed by atoms with Crippen LogP contribution in [-0.2, 0) is 39.6 Å². The van der Waals surface area contributed by atoms with Crippen LogP contribution in [-0.4, -0.2) is 62.3 Å². The van der Waals surface area contributed by atoms with Crippen LogP contribution in [0.5, 0.6) is 5.75 Å². The van der Waals surface area contributed by atoms with Crippen LogP contribution in [0.4, 0.5) is 5.69 Å². The zero-order valence-electron chi connectivity index (χ0n) is 32.3. The predicted molar refractivity (Wildman–Crippen MR) is 215 cm³/mol. The first-order valence-corrected chi connectivity index (χ1v) is 21.9. The van der Waals surface area contributed by atoms with E-state index in [-0.39, 0.29) is 34.3 Å². The highest BCUT2D eigenvalue weighted by Gasteiger charge is 2.44. The number of carbonyl (C=O) groups is 2. The number of nitrogens with one attached hydrogen (secondary N) is 1. The Kier molecular flexibility index (Phi) is 10.2. The monoisotopic (exact) mass is 788 g/mol. The zero-order chi connectivity index (χ0) is 38.7. The maximum atomic E-state index is 15.0. The first-order valence-electron chi connectivity index (χ1n) is 19.9. The number of aliphatic hydroxyl groups is 1. The van der Waals surface area contributed by atoms with Crippen LogP contribution in [0.2, 0.25) is 5.02 Å². The fourth-order valence-corrected chi connectivity index (χ4v) is 11.3. The van der Waals surface area contributed by atoms with Gasteiger partial charge in [0.1, 0.15) is 15.7 Å². The van der Waals surface area contributed by atoms with Crippen molar-refractivity contribution in [2.45, 2.75) is 108 Å². The number of carbonyl (C=O) groups excluding carboxylic acids is 2. The molecule has 8 rings (SSSR count). The molecule has 294 valence electrons. The third kappa shape index (κ3) is 7.26. The van der Waals surface area contributed by atoms with Gasteiger partial charge < -0.3 is 24.0 Å². The first-order chi connectivity index (χ1) is 26.3. The van der Waals surface area contributed by atoms with Gasteiger partial charge in [0.2, 0.25) is 0 Å². The molecule has 1 spiro atoms. The third-order valence-corrected chi connectivity index (χ3v) is 15.9. The molecule has 10 nitrogen and oxygen atoms in total. The van der Waals surface area contributed by atoms with Gasteiger partial charge in [-0.3, -0.25) is 14.3 Å². The molecule has 0 saturated heterocycles. The van der Waals surface area contributed by atoms with E-state index in [0.717, 1.165) is 54.9 Å². The lowest BCUT2D eigenvalue weighted by molar-refractivity contribution is -0.0780. The Morgan fingerprint density at radius 1 is 1.15 bits per heavy atom. The van der Waals surface area contributed by atoms with Crippen LogP contribution in [0, 0.1) is 17.8 Å². The van der Waals surface area contributed by atoms with E-state index in [0.29, 0.717) is 50.6 Å². The van der Waals surface area contributed by atoms with Crippen molar-refractivity contribution >= 4 is 39.0 Å². The first kappa shape index (κ1) is 38.2. The lowest BCUT2D eigenvalue weighted by atomic mass is 9.68. The van der Waals surface area contributed by atoms with Crippen LogP contribution in [0.1, 0.15) is 104 Å². The number of anilines is 1. The maximum absolute atomic E-state index is 15.0. The fraction of sp³-hybridized carbons (Fsp3) is 0.535. The molecule has 1 fully saturated rings. The number of fused-ring (bicyclic) bond motifs is 5. The molecule has 2 aliphatic carbocycles. The molecule has 1 saturated carbocycles. The smallest absolute Gasteiger partial charge is 0.286 e. The Morgan fingerprint density at radius 3 is 2.76 bits per heavy atom. The molecule has 8 atom stereocenters. The van der Waals surface area contributed by atoms with E-state index in [1.165, 1.54) is 11.1 Å². The van der Waals surface area contributed by atoms with Gasteiger partial charge in [-0.25, -0.2) is 4.21 Å². The van der Waals surface area contributed by atoms with Crippen molar-refractivity contribution in [3.63, 3.8) is 0 Å². The van der Waals surface area contributed by atoms with Crippen molar-refractivity contribution in [3.8, 4) is 5.75 Å². The Morgan fingerprint density at radius 2 is 1.98 bits per heavy atom. The lowest BCUT2D eigenvalue weighted by Crippen LogP contribution is -2.49. The van der Waals surface area contributed by atoms with Crippen LogP contribution < -0.4 is 14.4 Å². The molecule has 3 aliphatic heterocycles. The Balaban J connectivity index is 1.18. The molecule has 2 bridgehead atoms. The van der Waals surface area contributed by atoms with Gasteiger partial charge in [-0.15, -0.1) is 4.36 Å². The SMILES string of the molecule is CCC1(C)Cn2cc(C(=O)NS3(=O)=NC(=O)c4ccc5c(c4)N(CC4CCC4C(O)/C=C/CC(C)C3C)CC3(CCCc4cc(Cl)ccc43)CO5)cc2CO1. The second-order valence-electron chi connectivity index (χ2n) is 17.0. The predicted octanol–water partition coefficient (Wildman–Crippen LogP) is 7.64. The van der Waals surface area contributed by atoms with E-state index in [9.17, 15) is 14.7 Å². The molecule has 2 amide bonds. The van der Waals surface area contributed by atoms with Gasteiger partial charge in [0.25, 0.3) is 11.8 Å². The number of aryl methyl sites for hydroxylation is 1. The van der Waals surface area contributed by atoms with Crippen LogP contribution in [0.25, 0.3) is 0 Å². The average Bonchev–Trinajstić information content (AvgIpc) is 3.50. The molecule has 0 radical (unpaired) electrons. The van der Waals surface area contributed by atoms with Gasteiger partial charge in [0.15, 0.2) is 0 Å². The van der Waals surface area contributed by atoms with Crippen molar-refractivity contribution in [2.75, 3.05) is 24.6 Å². The molecule has 4 heterocycles. The summed E-state index contributed by atoms with van der Waals surface area (Å²) < 4.78 is 36.9. The van der Waals surface area contributed by atoms with Crippen LogP contribution in [0.15, 0.2) is 65.2 Å². The van der Waals surface area contributed by atoms with Gasteiger partial charge in [0.05, 0.1) is 48.0 Å². The molecule has 3 aromatic rings. The van der Waals surface area contributed by atoms with E-state index < -0.39 is 33.1 Å². The van der Waals surface area contributed by atoms with Gasteiger partial charge in [0, 0.05) is 41.0 Å². The number of nitrogens with zero attached hydrogens (tertiary/aromatic N) is 3. The summed E-state index contributed by atoms with van der Waals surface area (Å²) in [6.45, 7) is 10.6. The maximum Gasteiger partial charge on any atom is 0.286 e. The number of aliphatic hydroxyl groups excluding tert-OH is 1. The van der Waals surface area contributed by atoms with E-state index in [1.54, 1.807) is 25.3 Å². The van der Waals surface area contributed by atoms with Crippen molar-refractivity contribution in [2.24, 2.45) is 22.1 Å². The van der Waals surface area contributed by atoms with Gasteiger partial charge in [-0.2, -0.15) is 0 Å². The molecular weight excluding hydrogens is 736 g/mol. The molecule has 55 heavy (non-hydrogen) atoms. The number of amides is 2. The summed E-state index contributed by atoms with van der Waals surface area (Å²) in [4.78, 5) is 30.5. The molecule has 5 aliphatic rings. The largest absolute Gasteiger partial charge is 0.490 e. The fourth-order valence-electron chi connectivity index (χ4n) is 9.26. The minimum absolute atomic E-state index is 0.0927. The number of allylic oxidation sites excluding steroid dienone is 1. The zero-order valence-corrected chi connectivity index (χ0v) is 33.8. The number of ether oxygens (including phenoxy) is 2.